The number of rotatable bonds is 6. The Labute approximate surface area is 103 Å². The van der Waals surface area contributed by atoms with Crippen LogP contribution in [0, 0.1) is 5.92 Å². The fraction of sp³-hybridized carbons (Fsp3) is 0.750. The summed E-state index contributed by atoms with van der Waals surface area (Å²) >= 11 is 1.71. The van der Waals surface area contributed by atoms with Gasteiger partial charge in [-0.1, -0.05) is 13.8 Å². The molecule has 0 amide bonds. The molecule has 1 N–H and O–H groups in total. The van der Waals surface area contributed by atoms with E-state index in [4.69, 9.17) is 0 Å². The Morgan fingerprint density at radius 3 is 2.50 bits per heavy atom. The Hall–Kier alpha value is -0.450. The second-order valence-corrected chi connectivity index (χ2v) is 5.73. The van der Waals surface area contributed by atoms with Gasteiger partial charge < -0.3 is 10.2 Å². The molecule has 0 bridgehead atoms. The predicted octanol–water partition coefficient (Wildman–Crippen LogP) is 2.38. The second kappa shape index (κ2) is 6.33. The van der Waals surface area contributed by atoms with E-state index < -0.39 is 0 Å². The first-order valence-electron chi connectivity index (χ1n) is 5.80. The summed E-state index contributed by atoms with van der Waals surface area (Å²) in [4.78, 5) is 7.70. The van der Waals surface area contributed by atoms with E-state index in [1.54, 1.807) is 11.3 Å². The van der Waals surface area contributed by atoms with Crippen molar-refractivity contribution < 1.29 is 0 Å². The highest BCUT2D eigenvalue weighted by atomic mass is 32.1. The molecule has 0 spiro atoms. The Bertz CT molecular complexity index is 274. The summed E-state index contributed by atoms with van der Waals surface area (Å²) in [7, 11) is 4.29. The molecule has 92 valence electrons. The summed E-state index contributed by atoms with van der Waals surface area (Å²) in [6, 6.07) is 0.976. The van der Waals surface area contributed by atoms with Gasteiger partial charge in [-0.15, -0.1) is 11.3 Å². The molecule has 16 heavy (non-hydrogen) atoms. The summed E-state index contributed by atoms with van der Waals surface area (Å²) in [5, 5.41) is 3.58. The zero-order valence-corrected chi connectivity index (χ0v) is 11.7. The zero-order valence-electron chi connectivity index (χ0n) is 10.9. The molecule has 2 unspecified atom stereocenters. The Morgan fingerprint density at radius 2 is 2.06 bits per heavy atom. The van der Waals surface area contributed by atoms with E-state index in [9.17, 15) is 0 Å². The van der Waals surface area contributed by atoms with Crippen LogP contribution < -0.4 is 5.32 Å². The van der Waals surface area contributed by atoms with Crippen molar-refractivity contribution >= 4 is 11.3 Å². The Morgan fingerprint density at radius 1 is 1.38 bits per heavy atom. The fourth-order valence-electron chi connectivity index (χ4n) is 1.85. The van der Waals surface area contributed by atoms with Gasteiger partial charge in [-0.2, -0.15) is 0 Å². The van der Waals surface area contributed by atoms with Crippen molar-refractivity contribution in [2.75, 3.05) is 20.6 Å². The molecule has 0 saturated heterocycles. The lowest BCUT2D eigenvalue weighted by Gasteiger charge is -2.29. The smallest absolute Gasteiger partial charge is 0.0794 e. The number of nitrogens with zero attached hydrogens (tertiary/aromatic N) is 2. The van der Waals surface area contributed by atoms with Crippen molar-refractivity contribution in [1.29, 1.82) is 0 Å². The molecule has 0 radical (unpaired) electrons. The van der Waals surface area contributed by atoms with Gasteiger partial charge in [0, 0.05) is 29.7 Å². The van der Waals surface area contributed by atoms with E-state index in [0.29, 0.717) is 18.0 Å². The lowest BCUT2D eigenvalue weighted by atomic mass is 10.0. The maximum absolute atomic E-state index is 4.11. The van der Waals surface area contributed by atoms with Crippen LogP contribution >= 0.6 is 11.3 Å². The van der Waals surface area contributed by atoms with Crippen LogP contribution in [0.1, 0.15) is 31.7 Å². The van der Waals surface area contributed by atoms with Gasteiger partial charge in [0.25, 0.3) is 0 Å². The van der Waals surface area contributed by atoms with Crippen molar-refractivity contribution in [2.24, 2.45) is 5.92 Å². The minimum atomic E-state index is 0.397. The molecule has 0 aromatic carbocycles. The lowest BCUT2D eigenvalue weighted by Crippen LogP contribution is -2.42. The molecule has 0 fully saturated rings. The number of hydrogen-bond acceptors (Lipinski definition) is 4. The molecule has 0 aliphatic heterocycles. The third-order valence-corrected chi connectivity index (χ3v) is 3.90. The van der Waals surface area contributed by atoms with Gasteiger partial charge in [-0.05, 0) is 26.9 Å². The van der Waals surface area contributed by atoms with Crippen molar-refractivity contribution in [3.8, 4) is 0 Å². The summed E-state index contributed by atoms with van der Waals surface area (Å²) in [6.07, 6.45) is 1.95. The summed E-state index contributed by atoms with van der Waals surface area (Å²) < 4.78 is 0. The van der Waals surface area contributed by atoms with Crippen LogP contribution in [0.2, 0.25) is 0 Å². The van der Waals surface area contributed by atoms with Crippen LogP contribution in [0.15, 0.2) is 11.7 Å². The second-order valence-electron chi connectivity index (χ2n) is 4.81. The summed E-state index contributed by atoms with van der Waals surface area (Å²) in [5.74, 6) is 0.663. The van der Waals surface area contributed by atoms with Crippen LogP contribution in [-0.2, 0) is 0 Å². The van der Waals surface area contributed by atoms with Gasteiger partial charge in [0.2, 0.25) is 0 Å². The van der Waals surface area contributed by atoms with Gasteiger partial charge in [0.1, 0.15) is 0 Å². The average molecular weight is 241 g/mol. The molecule has 4 heteroatoms. The van der Waals surface area contributed by atoms with Gasteiger partial charge in [0.05, 0.1) is 5.51 Å². The van der Waals surface area contributed by atoms with Crippen LogP contribution in [0.4, 0.5) is 0 Å². The number of hydrogen-bond donors (Lipinski definition) is 1. The Kier molecular flexibility index (Phi) is 5.38. The Balaban J connectivity index is 2.43. The first kappa shape index (κ1) is 13.6. The average Bonchev–Trinajstić information content (AvgIpc) is 2.69. The van der Waals surface area contributed by atoms with E-state index in [2.05, 4.69) is 50.1 Å². The maximum Gasteiger partial charge on any atom is 0.0794 e. The SMILES string of the molecule is CC(NCC(C(C)C)N(C)C)c1cncs1. The fourth-order valence-corrected chi connectivity index (χ4v) is 2.50. The third kappa shape index (κ3) is 3.85. The third-order valence-electron chi connectivity index (χ3n) is 2.94. The van der Waals surface area contributed by atoms with Gasteiger partial charge in [0.15, 0.2) is 0 Å². The highest BCUT2D eigenvalue weighted by Crippen LogP contribution is 2.17. The van der Waals surface area contributed by atoms with Gasteiger partial charge >= 0.3 is 0 Å². The highest BCUT2D eigenvalue weighted by Gasteiger charge is 2.17. The molecule has 0 aliphatic rings. The lowest BCUT2D eigenvalue weighted by molar-refractivity contribution is 0.220. The highest BCUT2D eigenvalue weighted by molar-refractivity contribution is 7.09. The molecule has 1 rings (SSSR count). The van der Waals surface area contributed by atoms with Crippen molar-refractivity contribution in [3.05, 3.63) is 16.6 Å². The monoisotopic (exact) mass is 241 g/mol. The van der Waals surface area contributed by atoms with E-state index in [1.807, 2.05) is 11.7 Å². The quantitative estimate of drug-likeness (QED) is 0.829. The molecule has 1 aromatic heterocycles. The predicted molar refractivity (Wildman–Crippen MR) is 70.8 cm³/mol. The zero-order chi connectivity index (χ0) is 12.1. The van der Waals surface area contributed by atoms with Gasteiger partial charge in [-0.3, -0.25) is 4.98 Å². The van der Waals surface area contributed by atoms with Crippen LogP contribution in [0.3, 0.4) is 0 Å². The standard InChI is InChI=1S/C12H23N3S/c1-9(2)11(15(4)5)6-14-10(3)12-7-13-8-16-12/h7-11,14H,6H2,1-5H3. The van der Waals surface area contributed by atoms with Crippen LogP contribution in [-0.4, -0.2) is 36.6 Å². The number of nitrogens with one attached hydrogen (secondary N) is 1. The molecule has 2 atom stereocenters. The molecule has 0 saturated carbocycles. The van der Waals surface area contributed by atoms with Crippen molar-refractivity contribution in [2.45, 2.75) is 32.9 Å². The number of likely N-dealkylation sites (N-methyl/N-ethyl adjacent to an activating group) is 1. The first-order chi connectivity index (χ1) is 7.52. The summed E-state index contributed by atoms with van der Waals surface area (Å²) in [5.41, 5.74) is 1.89. The van der Waals surface area contributed by atoms with E-state index in [0.717, 1.165) is 6.54 Å². The minimum absolute atomic E-state index is 0.397. The minimum Gasteiger partial charge on any atom is -0.308 e. The molecule has 0 aliphatic carbocycles. The number of aromatic nitrogens is 1. The first-order valence-corrected chi connectivity index (χ1v) is 6.68. The van der Waals surface area contributed by atoms with E-state index in [1.165, 1.54) is 4.88 Å². The van der Waals surface area contributed by atoms with Crippen molar-refractivity contribution in [3.63, 3.8) is 0 Å². The topological polar surface area (TPSA) is 28.2 Å². The number of thiazole rings is 1. The maximum atomic E-state index is 4.11. The van der Waals surface area contributed by atoms with Crippen LogP contribution in [0.5, 0.6) is 0 Å². The van der Waals surface area contributed by atoms with Crippen LogP contribution in [0.25, 0.3) is 0 Å². The van der Waals surface area contributed by atoms with E-state index in [-0.39, 0.29) is 0 Å². The molecule has 1 aromatic rings. The summed E-state index contributed by atoms with van der Waals surface area (Å²) in [6.45, 7) is 7.75. The largest absolute Gasteiger partial charge is 0.308 e. The normalized spacial score (nSPS) is 15.7. The molecule has 1 heterocycles. The van der Waals surface area contributed by atoms with Gasteiger partial charge in [-0.25, -0.2) is 0 Å². The van der Waals surface area contributed by atoms with Crippen molar-refractivity contribution in [1.82, 2.24) is 15.2 Å². The molecular formula is C12H23N3S. The molecular weight excluding hydrogens is 218 g/mol. The molecule has 3 nitrogen and oxygen atoms in total. The van der Waals surface area contributed by atoms with E-state index >= 15 is 0 Å².